The molecule has 1 aliphatic rings. The lowest BCUT2D eigenvalue weighted by atomic mass is 9.77. The van der Waals surface area contributed by atoms with Gasteiger partial charge in [0.2, 0.25) is 0 Å². The minimum Gasteiger partial charge on any atom is -0.352 e. The molecule has 2 aromatic rings. The highest BCUT2D eigenvalue weighted by molar-refractivity contribution is 14.0. The van der Waals surface area contributed by atoms with Crippen LogP contribution in [-0.2, 0) is 35.8 Å². The van der Waals surface area contributed by atoms with Crippen molar-refractivity contribution in [2.45, 2.75) is 58.0 Å². The Bertz CT molecular complexity index is 1030. The van der Waals surface area contributed by atoms with Gasteiger partial charge in [-0.15, -0.1) is 35.3 Å². The van der Waals surface area contributed by atoms with Crippen LogP contribution in [0, 0.1) is 12.3 Å². The number of thiophene rings is 1. The molecule has 1 aliphatic carbocycles. The molecule has 1 aromatic carbocycles. The van der Waals surface area contributed by atoms with Gasteiger partial charge in [0, 0.05) is 29.6 Å². The number of nitrogens with zero attached hydrogens (tertiary/aromatic N) is 1. The smallest absolute Gasteiger partial charge is 0.191 e. The summed E-state index contributed by atoms with van der Waals surface area (Å²) in [5.74, 6) is 0.738. The van der Waals surface area contributed by atoms with Gasteiger partial charge in [-0.25, -0.2) is 8.42 Å². The number of fused-ring (bicyclic) bond motifs is 1. The summed E-state index contributed by atoms with van der Waals surface area (Å²) in [5.41, 5.74) is 3.70. The van der Waals surface area contributed by atoms with E-state index in [0.717, 1.165) is 30.1 Å². The minimum absolute atomic E-state index is 0. The molecule has 0 spiro atoms. The maximum absolute atomic E-state index is 11.8. The molecule has 0 bridgehead atoms. The third kappa shape index (κ3) is 6.43. The normalized spacial score (nSPS) is 15.8. The molecule has 5 nitrogen and oxygen atoms in total. The van der Waals surface area contributed by atoms with Gasteiger partial charge in [0.15, 0.2) is 15.8 Å². The highest BCUT2D eigenvalue weighted by atomic mass is 127. The van der Waals surface area contributed by atoms with Gasteiger partial charge >= 0.3 is 0 Å². The predicted molar refractivity (Wildman–Crippen MR) is 137 cm³/mol. The molecule has 8 heteroatoms. The van der Waals surface area contributed by atoms with Crippen molar-refractivity contribution in [1.82, 2.24) is 10.6 Å². The van der Waals surface area contributed by atoms with Crippen LogP contribution in [0.1, 0.15) is 46.7 Å². The first kappa shape index (κ1) is 25.1. The number of halogens is 1. The molecule has 0 saturated heterocycles. The Morgan fingerprint density at radius 1 is 1.20 bits per heavy atom. The van der Waals surface area contributed by atoms with Gasteiger partial charge in [-0.05, 0) is 60.4 Å². The summed E-state index contributed by atoms with van der Waals surface area (Å²) in [4.78, 5) is 7.56. The highest BCUT2D eigenvalue weighted by Gasteiger charge is 2.26. The molecule has 1 aromatic heterocycles. The van der Waals surface area contributed by atoms with Gasteiger partial charge in [-0.1, -0.05) is 26.0 Å². The van der Waals surface area contributed by atoms with E-state index in [1.54, 1.807) is 13.1 Å². The summed E-state index contributed by atoms with van der Waals surface area (Å²) in [6.07, 6.45) is 4.84. The van der Waals surface area contributed by atoms with Crippen molar-refractivity contribution < 1.29 is 8.42 Å². The Hall–Kier alpha value is -1.13. The molecule has 0 radical (unpaired) electrons. The lowest BCUT2D eigenvalue weighted by Gasteiger charge is -2.29. The number of rotatable bonds is 5. The standard InChI is InChI=1S/C22H31N3O2S2.HI/c1-15-10-16(6-7-20(15)29(5,26)27)13-24-21(23-4)25-14-18-11-17-12-22(2,3)9-8-19(17)28-18;/h6-7,10-11H,8-9,12-14H2,1-5H3,(H2,23,24,25);1H. The maximum Gasteiger partial charge on any atom is 0.191 e. The number of nitrogens with one attached hydrogen (secondary N) is 2. The van der Waals surface area contributed by atoms with E-state index in [1.165, 1.54) is 34.4 Å². The van der Waals surface area contributed by atoms with Crippen LogP contribution >= 0.6 is 35.3 Å². The molecule has 2 N–H and O–H groups in total. The molecule has 3 rings (SSSR count). The fourth-order valence-electron chi connectivity index (χ4n) is 3.85. The topological polar surface area (TPSA) is 70.6 Å². The van der Waals surface area contributed by atoms with E-state index < -0.39 is 9.84 Å². The zero-order chi connectivity index (χ0) is 21.2. The second kappa shape index (κ2) is 9.99. The van der Waals surface area contributed by atoms with Crippen LogP contribution in [-0.4, -0.2) is 27.7 Å². The Morgan fingerprint density at radius 2 is 1.90 bits per heavy atom. The summed E-state index contributed by atoms with van der Waals surface area (Å²) >= 11 is 1.91. The van der Waals surface area contributed by atoms with Crippen molar-refractivity contribution in [1.29, 1.82) is 0 Å². The Balaban J connectivity index is 0.00000320. The second-order valence-electron chi connectivity index (χ2n) is 8.65. The summed E-state index contributed by atoms with van der Waals surface area (Å²) < 4.78 is 23.5. The molecular formula is C22H32IN3O2S2. The van der Waals surface area contributed by atoms with E-state index in [-0.39, 0.29) is 24.0 Å². The molecule has 30 heavy (non-hydrogen) atoms. The number of hydrogen-bond acceptors (Lipinski definition) is 4. The second-order valence-corrected chi connectivity index (χ2v) is 11.9. The number of aryl methyl sites for hydroxylation is 2. The first-order valence-electron chi connectivity index (χ1n) is 9.92. The minimum atomic E-state index is -3.19. The zero-order valence-corrected chi connectivity index (χ0v) is 22.3. The van der Waals surface area contributed by atoms with Crippen molar-refractivity contribution in [3.8, 4) is 0 Å². The third-order valence-corrected chi connectivity index (χ3v) is 7.89. The van der Waals surface area contributed by atoms with E-state index in [1.807, 2.05) is 30.4 Å². The third-order valence-electron chi connectivity index (χ3n) is 5.40. The molecular weight excluding hydrogens is 529 g/mol. The van der Waals surface area contributed by atoms with Gasteiger partial charge in [-0.2, -0.15) is 0 Å². The first-order chi connectivity index (χ1) is 13.6. The number of benzene rings is 1. The average molecular weight is 562 g/mol. The number of aliphatic imine (C=N–C) groups is 1. The Kier molecular flexibility index (Phi) is 8.37. The Labute approximate surface area is 201 Å². The fourth-order valence-corrected chi connectivity index (χ4v) is 5.93. The fraction of sp³-hybridized carbons (Fsp3) is 0.500. The number of hydrogen-bond donors (Lipinski definition) is 2. The summed E-state index contributed by atoms with van der Waals surface area (Å²) in [6.45, 7) is 7.86. The van der Waals surface area contributed by atoms with E-state index in [2.05, 4.69) is 35.5 Å². The van der Waals surface area contributed by atoms with Gasteiger partial charge in [0.25, 0.3) is 0 Å². The summed E-state index contributed by atoms with van der Waals surface area (Å²) in [5, 5.41) is 6.70. The van der Waals surface area contributed by atoms with E-state index in [0.29, 0.717) is 16.9 Å². The van der Waals surface area contributed by atoms with Gasteiger partial charge in [-0.3, -0.25) is 4.99 Å². The van der Waals surface area contributed by atoms with Gasteiger partial charge in [0.05, 0.1) is 11.4 Å². The monoisotopic (exact) mass is 561 g/mol. The molecule has 0 unspecified atom stereocenters. The van der Waals surface area contributed by atoms with Crippen LogP contribution in [0.5, 0.6) is 0 Å². The largest absolute Gasteiger partial charge is 0.352 e. The molecule has 166 valence electrons. The summed E-state index contributed by atoms with van der Waals surface area (Å²) in [7, 11) is -1.43. The van der Waals surface area contributed by atoms with Crippen molar-refractivity contribution in [3.05, 3.63) is 50.7 Å². The van der Waals surface area contributed by atoms with E-state index in [4.69, 9.17) is 0 Å². The number of sulfone groups is 1. The van der Waals surface area contributed by atoms with Gasteiger partial charge in [0.1, 0.15) is 0 Å². The van der Waals surface area contributed by atoms with Crippen LogP contribution in [0.4, 0.5) is 0 Å². The average Bonchev–Trinajstić information content (AvgIpc) is 3.01. The van der Waals surface area contributed by atoms with Gasteiger partial charge < -0.3 is 10.6 Å². The molecule has 0 aliphatic heterocycles. The maximum atomic E-state index is 11.8. The van der Waals surface area contributed by atoms with Crippen LogP contribution in [0.25, 0.3) is 0 Å². The van der Waals surface area contributed by atoms with Crippen molar-refractivity contribution in [2.24, 2.45) is 10.4 Å². The lowest BCUT2D eigenvalue weighted by Crippen LogP contribution is -2.36. The van der Waals surface area contributed by atoms with Crippen molar-refractivity contribution in [3.63, 3.8) is 0 Å². The van der Waals surface area contributed by atoms with Crippen molar-refractivity contribution >= 4 is 51.1 Å². The van der Waals surface area contributed by atoms with E-state index >= 15 is 0 Å². The van der Waals surface area contributed by atoms with Crippen molar-refractivity contribution in [2.75, 3.05) is 13.3 Å². The molecule has 1 heterocycles. The first-order valence-corrected chi connectivity index (χ1v) is 12.6. The van der Waals surface area contributed by atoms with Crippen LogP contribution in [0.15, 0.2) is 34.2 Å². The zero-order valence-electron chi connectivity index (χ0n) is 18.3. The SMILES string of the molecule is CN=C(NCc1ccc(S(C)(=O)=O)c(C)c1)NCc1cc2c(s1)CCC(C)(C)C2.I. The molecule has 0 fully saturated rings. The summed E-state index contributed by atoms with van der Waals surface area (Å²) in [6, 6.07) is 7.77. The van der Waals surface area contributed by atoms with E-state index in [9.17, 15) is 8.42 Å². The van der Waals surface area contributed by atoms with Crippen LogP contribution < -0.4 is 10.6 Å². The van der Waals surface area contributed by atoms with Crippen LogP contribution in [0.2, 0.25) is 0 Å². The predicted octanol–water partition coefficient (Wildman–Crippen LogP) is 4.46. The Morgan fingerprint density at radius 3 is 2.53 bits per heavy atom. The lowest BCUT2D eigenvalue weighted by molar-refractivity contribution is 0.318. The highest BCUT2D eigenvalue weighted by Crippen LogP contribution is 2.38. The quantitative estimate of drug-likeness (QED) is 0.322. The van der Waals surface area contributed by atoms with Crippen LogP contribution in [0.3, 0.4) is 0 Å². The number of guanidine groups is 1. The molecule has 0 saturated carbocycles. The molecule has 0 amide bonds. The molecule has 0 atom stereocenters.